The van der Waals surface area contributed by atoms with E-state index in [1.807, 2.05) is 4.90 Å². The molecule has 1 aliphatic rings. The largest absolute Gasteiger partial charge is 0.365 e. The van der Waals surface area contributed by atoms with Crippen LogP contribution in [-0.2, 0) is 10.0 Å². The number of amides is 1. The first-order valence-corrected chi connectivity index (χ1v) is 9.21. The zero-order valence-corrected chi connectivity index (χ0v) is 13.8. The van der Waals surface area contributed by atoms with Gasteiger partial charge in [0, 0.05) is 44.0 Å². The third kappa shape index (κ3) is 3.19. The maximum Gasteiger partial charge on any atom is 0.258 e. The molecule has 23 heavy (non-hydrogen) atoms. The highest BCUT2D eigenvalue weighted by atomic mass is 32.2. The molecule has 3 heterocycles. The van der Waals surface area contributed by atoms with Crippen LogP contribution in [0, 0.1) is 0 Å². The van der Waals surface area contributed by atoms with Crippen molar-refractivity contribution < 1.29 is 13.2 Å². The van der Waals surface area contributed by atoms with E-state index in [1.54, 1.807) is 18.5 Å². The van der Waals surface area contributed by atoms with Crippen LogP contribution < -0.4 is 10.6 Å². The zero-order valence-electron chi connectivity index (χ0n) is 12.1. The minimum Gasteiger partial charge on any atom is -0.365 e. The van der Waals surface area contributed by atoms with Gasteiger partial charge in [0.05, 0.1) is 9.77 Å². The Morgan fingerprint density at radius 3 is 2.39 bits per heavy atom. The van der Waals surface area contributed by atoms with E-state index in [4.69, 9.17) is 5.73 Å². The summed E-state index contributed by atoms with van der Waals surface area (Å²) < 4.78 is 26.6. The average molecular weight is 353 g/mol. The van der Waals surface area contributed by atoms with Gasteiger partial charge >= 0.3 is 0 Å². The Labute approximate surface area is 137 Å². The van der Waals surface area contributed by atoms with Gasteiger partial charge in [0.15, 0.2) is 0 Å². The minimum atomic E-state index is -3.61. The van der Waals surface area contributed by atoms with Gasteiger partial charge in [0.25, 0.3) is 5.91 Å². The fourth-order valence-corrected chi connectivity index (χ4v) is 4.85. The monoisotopic (exact) mass is 353 g/mol. The van der Waals surface area contributed by atoms with Crippen LogP contribution in [0.2, 0.25) is 0 Å². The van der Waals surface area contributed by atoms with E-state index in [9.17, 15) is 13.2 Å². The lowest BCUT2D eigenvalue weighted by atomic mass is 10.4. The second-order valence-corrected chi connectivity index (χ2v) is 7.80. The fraction of sp³-hybridized carbons (Fsp3) is 0.308. The Balaban J connectivity index is 1.72. The number of piperazine rings is 1. The number of thiophene rings is 1. The number of nitrogens with zero attached hydrogens (tertiary/aromatic N) is 4. The number of rotatable bonds is 4. The number of primary amides is 1. The first kappa shape index (κ1) is 15.8. The number of aromatic nitrogens is 2. The van der Waals surface area contributed by atoms with Gasteiger partial charge < -0.3 is 10.6 Å². The molecule has 1 fully saturated rings. The lowest BCUT2D eigenvalue weighted by Crippen LogP contribution is -2.49. The van der Waals surface area contributed by atoms with Crippen LogP contribution in [0.3, 0.4) is 0 Å². The van der Waals surface area contributed by atoms with Crippen LogP contribution in [0.4, 0.5) is 5.95 Å². The van der Waals surface area contributed by atoms with Gasteiger partial charge in [0.2, 0.25) is 16.0 Å². The third-order valence-electron chi connectivity index (χ3n) is 3.53. The predicted octanol–water partition coefficient (Wildman–Crippen LogP) is 0.148. The van der Waals surface area contributed by atoms with Gasteiger partial charge in [-0.1, -0.05) is 0 Å². The van der Waals surface area contributed by atoms with E-state index >= 15 is 0 Å². The molecule has 1 amide bonds. The van der Waals surface area contributed by atoms with Crippen molar-refractivity contribution in [2.45, 2.75) is 4.90 Å². The summed E-state index contributed by atoms with van der Waals surface area (Å²) in [6.07, 6.45) is 3.31. The number of hydrogen-bond donors (Lipinski definition) is 1. The number of carbonyl (C=O) groups is 1. The van der Waals surface area contributed by atoms with Gasteiger partial charge in [0.1, 0.15) is 0 Å². The lowest BCUT2D eigenvalue weighted by molar-refractivity contribution is 0.100. The summed E-state index contributed by atoms with van der Waals surface area (Å²) in [6, 6.07) is 3.06. The lowest BCUT2D eigenvalue weighted by Gasteiger charge is -2.33. The van der Waals surface area contributed by atoms with Gasteiger partial charge in [-0.25, -0.2) is 18.4 Å². The first-order chi connectivity index (χ1) is 11.0. The van der Waals surface area contributed by atoms with Gasteiger partial charge in [-0.05, 0) is 12.1 Å². The predicted molar refractivity (Wildman–Crippen MR) is 85.8 cm³/mol. The number of sulfonamides is 1. The summed E-state index contributed by atoms with van der Waals surface area (Å²) in [4.78, 5) is 21.7. The molecule has 0 unspecified atom stereocenters. The summed E-state index contributed by atoms with van der Waals surface area (Å²) in [5, 5.41) is 1.45. The molecule has 1 saturated heterocycles. The van der Waals surface area contributed by atoms with Crippen molar-refractivity contribution in [3.05, 3.63) is 34.8 Å². The van der Waals surface area contributed by atoms with Crippen molar-refractivity contribution in [2.24, 2.45) is 5.73 Å². The first-order valence-electron chi connectivity index (χ1n) is 6.89. The SMILES string of the molecule is NC(=O)c1cc(S(=O)(=O)N2CCN(c3ncccn3)CC2)cs1. The Kier molecular flexibility index (Phi) is 4.28. The molecule has 0 aliphatic carbocycles. The molecule has 0 saturated carbocycles. The standard InChI is InChI=1S/C13H15N5O3S2/c14-12(19)11-8-10(9-22-11)23(20,21)18-6-4-17(5-7-18)13-15-2-1-3-16-13/h1-3,8-9H,4-7H2,(H2,14,19). The van der Waals surface area contributed by atoms with Crippen molar-refractivity contribution >= 4 is 33.2 Å². The summed E-state index contributed by atoms with van der Waals surface area (Å²) in [7, 11) is -3.61. The van der Waals surface area contributed by atoms with Crippen LogP contribution >= 0.6 is 11.3 Å². The highest BCUT2D eigenvalue weighted by molar-refractivity contribution is 7.89. The quantitative estimate of drug-likeness (QED) is 0.838. The van der Waals surface area contributed by atoms with Crippen molar-refractivity contribution in [3.8, 4) is 0 Å². The van der Waals surface area contributed by atoms with Gasteiger partial charge in [-0.15, -0.1) is 11.3 Å². The van der Waals surface area contributed by atoms with Crippen LogP contribution in [-0.4, -0.2) is 54.8 Å². The summed E-state index contributed by atoms with van der Waals surface area (Å²) in [6.45, 7) is 1.69. The number of hydrogen-bond acceptors (Lipinski definition) is 7. The molecule has 3 rings (SSSR count). The zero-order chi connectivity index (χ0) is 16.4. The van der Waals surface area contributed by atoms with E-state index < -0.39 is 15.9 Å². The van der Waals surface area contributed by atoms with Crippen LogP contribution in [0.5, 0.6) is 0 Å². The molecule has 0 spiro atoms. The highest BCUT2D eigenvalue weighted by Crippen LogP contribution is 2.24. The summed E-state index contributed by atoms with van der Waals surface area (Å²) in [5.74, 6) is -0.0291. The van der Waals surface area contributed by atoms with Crippen molar-refractivity contribution in [3.63, 3.8) is 0 Å². The molecule has 0 atom stereocenters. The molecule has 2 aromatic heterocycles. The van der Waals surface area contributed by atoms with Crippen LogP contribution in [0.1, 0.15) is 9.67 Å². The average Bonchev–Trinajstić information content (AvgIpc) is 3.07. The van der Waals surface area contributed by atoms with E-state index in [1.165, 1.54) is 15.8 Å². The second-order valence-electron chi connectivity index (χ2n) is 4.95. The Hall–Kier alpha value is -2.04. The molecular formula is C13H15N5O3S2. The van der Waals surface area contributed by atoms with Crippen molar-refractivity contribution in [1.82, 2.24) is 14.3 Å². The Bertz CT molecular complexity index is 798. The van der Waals surface area contributed by atoms with Gasteiger partial charge in [-0.3, -0.25) is 4.79 Å². The van der Waals surface area contributed by atoms with Crippen LogP contribution in [0.25, 0.3) is 0 Å². The maximum absolute atomic E-state index is 12.6. The molecular weight excluding hydrogens is 338 g/mol. The summed E-state index contributed by atoms with van der Waals surface area (Å²) >= 11 is 1.04. The molecule has 0 aromatic carbocycles. The number of anilines is 1. The molecule has 0 radical (unpaired) electrons. The molecule has 10 heteroatoms. The van der Waals surface area contributed by atoms with Crippen molar-refractivity contribution in [2.75, 3.05) is 31.1 Å². The molecule has 122 valence electrons. The van der Waals surface area contributed by atoms with E-state index in [0.29, 0.717) is 32.1 Å². The van der Waals surface area contributed by atoms with E-state index in [-0.39, 0.29) is 9.77 Å². The molecule has 2 N–H and O–H groups in total. The van der Waals surface area contributed by atoms with Crippen LogP contribution in [0.15, 0.2) is 34.8 Å². The molecule has 2 aromatic rings. The normalized spacial score (nSPS) is 16.4. The molecule has 0 bridgehead atoms. The molecule has 1 aliphatic heterocycles. The van der Waals surface area contributed by atoms with Crippen molar-refractivity contribution in [1.29, 1.82) is 0 Å². The third-order valence-corrected chi connectivity index (χ3v) is 6.50. The topological polar surface area (TPSA) is 109 Å². The summed E-state index contributed by atoms with van der Waals surface area (Å²) in [5.41, 5.74) is 5.17. The van der Waals surface area contributed by atoms with E-state index in [2.05, 4.69) is 9.97 Å². The Morgan fingerprint density at radius 2 is 1.83 bits per heavy atom. The minimum absolute atomic E-state index is 0.112. The highest BCUT2D eigenvalue weighted by Gasteiger charge is 2.30. The second kappa shape index (κ2) is 6.22. The van der Waals surface area contributed by atoms with E-state index in [0.717, 1.165) is 11.3 Å². The smallest absolute Gasteiger partial charge is 0.258 e. The molecule has 8 nitrogen and oxygen atoms in total. The number of carbonyl (C=O) groups excluding carboxylic acids is 1. The fourth-order valence-electron chi connectivity index (χ4n) is 2.32. The van der Waals surface area contributed by atoms with Gasteiger partial charge in [-0.2, -0.15) is 4.31 Å². The maximum atomic E-state index is 12.6. The Morgan fingerprint density at radius 1 is 1.17 bits per heavy atom. The number of nitrogens with two attached hydrogens (primary N) is 1.